The first kappa shape index (κ1) is 17.1. The van der Waals surface area contributed by atoms with Crippen LogP contribution in [0, 0.1) is 0 Å². The number of nitrogens with zero attached hydrogens (tertiary/aromatic N) is 1. The van der Waals surface area contributed by atoms with Gasteiger partial charge in [0.15, 0.2) is 5.96 Å². The van der Waals surface area contributed by atoms with Crippen LogP contribution in [-0.4, -0.2) is 28.5 Å². The van der Waals surface area contributed by atoms with Crippen molar-refractivity contribution in [3.63, 3.8) is 0 Å². The Morgan fingerprint density at radius 2 is 2.11 bits per heavy atom. The van der Waals surface area contributed by atoms with Crippen molar-refractivity contribution >= 4 is 40.0 Å². The number of benzene rings is 1. The maximum absolute atomic E-state index is 11.2. The second-order valence-corrected chi connectivity index (χ2v) is 4.93. The second kappa shape index (κ2) is 7.54. The van der Waals surface area contributed by atoms with Crippen LogP contribution in [-0.2, 0) is 16.6 Å². The van der Waals surface area contributed by atoms with E-state index in [4.69, 9.17) is 5.14 Å². The molecule has 1 rings (SSSR count). The summed E-state index contributed by atoms with van der Waals surface area (Å²) in [6.07, 6.45) is 0. The summed E-state index contributed by atoms with van der Waals surface area (Å²) < 4.78 is 22.3. The Hall–Kier alpha value is -0.870. The average Bonchev–Trinajstić information content (AvgIpc) is 2.30. The lowest BCUT2D eigenvalue weighted by Crippen LogP contribution is -2.34. The summed E-state index contributed by atoms with van der Waals surface area (Å²) in [6, 6.07) is 6.46. The molecule has 0 aliphatic carbocycles. The predicted octanol–water partition coefficient (Wildman–Crippen LogP) is 0.247. The lowest BCUT2D eigenvalue weighted by atomic mass is 10.2. The third-order valence-electron chi connectivity index (χ3n) is 2.15. The van der Waals surface area contributed by atoms with Crippen molar-refractivity contribution in [2.75, 3.05) is 14.1 Å². The molecule has 0 fully saturated rings. The van der Waals surface area contributed by atoms with Crippen LogP contribution in [0.3, 0.4) is 0 Å². The van der Waals surface area contributed by atoms with E-state index < -0.39 is 10.0 Å². The molecule has 6 nitrogen and oxygen atoms in total. The first-order chi connectivity index (χ1) is 7.97. The Morgan fingerprint density at radius 3 is 2.61 bits per heavy atom. The molecular weight excluding hydrogens is 367 g/mol. The van der Waals surface area contributed by atoms with Crippen LogP contribution >= 0.6 is 24.0 Å². The Balaban J connectivity index is 0.00000289. The van der Waals surface area contributed by atoms with Gasteiger partial charge in [-0.2, -0.15) is 0 Å². The fraction of sp³-hybridized carbons (Fsp3) is 0.300. The SMILES string of the molecule is CN=C(NC)NCc1cccc(S(N)(=O)=O)c1.I. The molecule has 1 aromatic rings. The van der Waals surface area contributed by atoms with E-state index in [2.05, 4.69) is 15.6 Å². The second-order valence-electron chi connectivity index (χ2n) is 3.37. The maximum atomic E-state index is 11.2. The zero-order valence-electron chi connectivity index (χ0n) is 10.2. The third kappa shape index (κ3) is 5.19. The van der Waals surface area contributed by atoms with Gasteiger partial charge in [0.1, 0.15) is 0 Å². The largest absolute Gasteiger partial charge is 0.359 e. The highest BCUT2D eigenvalue weighted by atomic mass is 127. The molecule has 0 aliphatic rings. The molecular formula is C10H17IN4O2S. The van der Waals surface area contributed by atoms with Crippen LogP contribution in [0.15, 0.2) is 34.2 Å². The number of hydrogen-bond donors (Lipinski definition) is 3. The van der Waals surface area contributed by atoms with Crippen LogP contribution in [0.5, 0.6) is 0 Å². The predicted molar refractivity (Wildman–Crippen MR) is 82.5 cm³/mol. The van der Waals surface area contributed by atoms with Gasteiger partial charge < -0.3 is 10.6 Å². The van der Waals surface area contributed by atoms with Gasteiger partial charge in [-0.25, -0.2) is 13.6 Å². The quantitative estimate of drug-likeness (QED) is 0.395. The summed E-state index contributed by atoms with van der Waals surface area (Å²) in [4.78, 5) is 4.05. The monoisotopic (exact) mass is 384 g/mol. The van der Waals surface area contributed by atoms with Crippen molar-refractivity contribution < 1.29 is 8.42 Å². The van der Waals surface area contributed by atoms with Crippen molar-refractivity contribution in [3.8, 4) is 0 Å². The number of nitrogens with one attached hydrogen (secondary N) is 2. The van der Waals surface area contributed by atoms with Gasteiger partial charge >= 0.3 is 0 Å². The molecule has 0 spiro atoms. The highest BCUT2D eigenvalue weighted by molar-refractivity contribution is 14.0. The molecule has 0 heterocycles. The van der Waals surface area contributed by atoms with E-state index in [-0.39, 0.29) is 28.9 Å². The number of primary sulfonamides is 1. The molecule has 0 aromatic heterocycles. The van der Waals surface area contributed by atoms with Crippen molar-refractivity contribution in [1.82, 2.24) is 10.6 Å². The lowest BCUT2D eigenvalue weighted by Gasteiger charge is -2.09. The Bertz CT molecular complexity index is 516. The van der Waals surface area contributed by atoms with Crippen LogP contribution in [0.2, 0.25) is 0 Å². The zero-order chi connectivity index (χ0) is 12.9. The van der Waals surface area contributed by atoms with Gasteiger partial charge in [-0.05, 0) is 17.7 Å². The van der Waals surface area contributed by atoms with E-state index >= 15 is 0 Å². The van der Waals surface area contributed by atoms with E-state index in [0.29, 0.717) is 12.5 Å². The van der Waals surface area contributed by atoms with E-state index in [1.54, 1.807) is 20.2 Å². The zero-order valence-corrected chi connectivity index (χ0v) is 13.3. The van der Waals surface area contributed by atoms with Crippen LogP contribution in [0.4, 0.5) is 0 Å². The minimum absolute atomic E-state index is 0. The van der Waals surface area contributed by atoms with Crippen molar-refractivity contribution in [1.29, 1.82) is 0 Å². The van der Waals surface area contributed by atoms with Crippen molar-refractivity contribution in [2.24, 2.45) is 10.1 Å². The molecule has 0 saturated carbocycles. The lowest BCUT2D eigenvalue weighted by molar-refractivity contribution is 0.597. The van der Waals surface area contributed by atoms with Gasteiger partial charge in [-0.3, -0.25) is 4.99 Å². The van der Waals surface area contributed by atoms with Gasteiger partial charge in [0.05, 0.1) is 4.90 Å². The molecule has 1 aromatic carbocycles. The molecule has 0 atom stereocenters. The molecule has 0 radical (unpaired) electrons. The average molecular weight is 384 g/mol. The summed E-state index contributed by atoms with van der Waals surface area (Å²) in [5.74, 6) is 0.631. The number of aliphatic imine (C=N–C) groups is 1. The highest BCUT2D eigenvalue weighted by Crippen LogP contribution is 2.09. The van der Waals surface area contributed by atoms with E-state index in [0.717, 1.165) is 5.56 Å². The van der Waals surface area contributed by atoms with Crippen LogP contribution in [0.25, 0.3) is 0 Å². The standard InChI is InChI=1S/C10H16N4O2S.HI/c1-12-10(13-2)14-7-8-4-3-5-9(6-8)17(11,15)16;/h3-6H,7H2,1-2H3,(H2,11,15,16)(H2,12,13,14);1H. The number of rotatable bonds is 3. The summed E-state index contributed by atoms with van der Waals surface area (Å²) in [7, 11) is -0.250. The summed E-state index contributed by atoms with van der Waals surface area (Å²) in [5.41, 5.74) is 0.813. The Morgan fingerprint density at radius 1 is 1.44 bits per heavy atom. The minimum atomic E-state index is -3.65. The molecule has 8 heteroatoms. The highest BCUT2D eigenvalue weighted by Gasteiger charge is 2.07. The van der Waals surface area contributed by atoms with Crippen LogP contribution < -0.4 is 15.8 Å². The molecule has 18 heavy (non-hydrogen) atoms. The van der Waals surface area contributed by atoms with E-state index in [9.17, 15) is 8.42 Å². The van der Waals surface area contributed by atoms with Gasteiger partial charge in [0.25, 0.3) is 0 Å². The van der Waals surface area contributed by atoms with Crippen molar-refractivity contribution in [2.45, 2.75) is 11.4 Å². The third-order valence-corrected chi connectivity index (χ3v) is 3.06. The number of hydrogen-bond acceptors (Lipinski definition) is 3. The molecule has 0 saturated heterocycles. The van der Waals surface area contributed by atoms with Crippen molar-refractivity contribution in [3.05, 3.63) is 29.8 Å². The Labute approximate surface area is 124 Å². The van der Waals surface area contributed by atoms with Gasteiger partial charge in [0.2, 0.25) is 10.0 Å². The summed E-state index contributed by atoms with van der Waals surface area (Å²) in [5, 5.41) is 10.9. The smallest absolute Gasteiger partial charge is 0.238 e. The molecule has 102 valence electrons. The van der Waals surface area contributed by atoms with Crippen LogP contribution in [0.1, 0.15) is 5.56 Å². The summed E-state index contributed by atoms with van der Waals surface area (Å²) in [6.45, 7) is 0.469. The Kier molecular flexibility index (Phi) is 7.18. The first-order valence-corrected chi connectivity index (χ1v) is 6.52. The first-order valence-electron chi connectivity index (χ1n) is 4.97. The van der Waals surface area contributed by atoms with E-state index in [1.807, 2.05) is 6.07 Å². The number of guanidine groups is 1. The topological polar surface area (TPSA) is 96.6 Å². The molecule has 0 aliphatic heterocycles. The molecule has 0 bridgehead atoms. The van der Waals surface area contributed by atoms with Gasteiger partial charge in [-0.1, -0.05) is 12.1 Å². The fourth-order valence-corrected chi connectivity index (χ4v) is 1.88. The molecule has 0 unspecified atom stereocenters. The van der Waals surface area contributed by atoms with Gasteiger partial charge in [0, 0.05) is 20.6 Å². The van der Waals surface area contributed by atoms with E-state index in [1.165, 1.54) is 12.1 Å². The maximum Gasteiger partial charge on any atom is 0.238 e. The normalized spacial score (nSPS) is 11.6. The fourth-order valence-electron chi connectivity index (χ4n) is 1.30. The number of halogens is 1. The number of nitrogens with two attached hydrogens (primary N) is 1. The molecule has 4 N–H and O–H groups in total. The molecule has 0 amide bonds. The number of sulfonamides is 1. The minimum Gasteiger partial charge on any atom is -0.359 e. The van der Waals surface area contributed by atoms with Gasteiger partial charge in [-0.15, -0.1) is 24.0 Å². The summed E-state index contributed by atoms with van der Waals surface area (Å²) >= 11 is 0.